The Balaban J connectivity index is 1.79. The van der Waals surface area contributed by atoms with Crippen LogP contribution in [0.2, 0.25) is 0 Å². The van der Waals surface area contributed by atoms with Crippen LogP contribution in [0, 0.1) is 0 Å². The Morgan fingerprint density at radius 2 is 1.88 bits per heavy atom. The minimum Gasteiger partial charge on any atom is -0.317 e. The van der Waals surface area contributed by atoms with Gasteiger partial charge < -0.3 is 5.32 Å². The van der Waals surface area contributed by atoms with Crippen LogP contribution in [-0.4, -0.2) is 30.5 Å². The zero-order valence-electron chi connectivity index (χ0n) is 13.9. The molecule has 25 heavy (non-hydrogen) atoms. The van der Waals surface area contributed by atoms with Gasteiger partial charge in [-0.25, -0.2) is 12.4 Å². The number of aromatic nitrogens is 2. The van der Waals surface area contributed by atoms with Crippen LogP contribution in [-0.2, 0) is 15.8 Å². The first-order valence-electron chi connectivity index (χ1n) is 8.58. The Bertz CT molecular complexity index is 974. The Morgan fingerprint density at radius 1 is 1.12 bits per heavy atom. The molecule has 1 aliphatic rings. The average molecular weight is 355 g/mol. The molecule has 0 saturated carbocycles. The van der Waals surface area contributed by atoms with Gasteiger partial charge in [0.2, 0.25) is 10.0 Å². The van der Waals surface area contributed by atoms with Crippen LogP contribution in [0.5, 0.6) is 0 Å². The minimum absolute atomic E-state index is 0.00833. The maximum atomic E-state index is 13.0. The molecule has 6 heteroatoms. The number of pyridine rings is 1. The molecule has 0 amide bonds. The monoisotopic (exact) mass is 355 g/mol. The van der Waals surface area contributed by atoms with Crippen molar-refractivity contribution in [2.45, 2.75) is 24.5 Å². The highest BCUT2D eigenvalue weighted by Crippen LogP contribution is 2.33. The van der Waals surface area contributed by atoms with Crippen molar-refractivity contribution >= 4 is 20.9 Å². The molecule has 3 aromatic rings. The van der Waals surface area contributed by atoms with E-state index in [1.807, 2.05) is 36.5 Å². The largest absolute Gasteiger partial charge is 0.317 e. The SMILES string of the molecule is O=S(=O)(Cc1ccccc1)n1cc(C2CCNCC2)c2cnccc21. The van der Waals surface area contributed by atoms with Crippen LogP contribution in [0.15, 0.2) is 55.0 Å². The molecule has 1 fully saturated rings. The number of piperidine rings is 1. The van der Waals surface area contributed by atoms with Gasteiger partial charge in [0.05, 0.1) is 11.3 Å². The number of rotatable bonds is 4. The lowest BCUT2D eigenvalue weighted by Crippen LogP contribution is -2.26. The normalized spacial score (nSPS) is 16.3. The van der Waals surface area contributed by atoms with E-state index in [9.17, 15) is 8.42 Å². The van der Waals surface area contributed by atoms with Crippen LogP contribution in [0.3, 0.4) is 0 Å². The fraction of sp³-hybridized carbons (Fsp3) is 0.316. The van der Waals surface area contributed by atoms with E-state index in [0.717, 1.165) is 48.0 Å². The van der Waals surface area contributed by atoms with Crippen LogP contribution in [0.25, 0.3) is 10.9 Å². The molecule has 2 aromatic heterocycles. The number of benzene rings is 1. The zero-order chi connectivity index (χ0) is 17.3. The number of hydrogen-bond donors (Lipinski definition) is 1. The van der Waals surface area contributed by atoms with Crippen molar-refractivity contribution < 1.29 is 8.42 Å². The molecule has 0 bridgehead atoms. The second-order valence-electron chi connectivity index (χ2n) is 6.54. The van der Waals surface area contributed by atoms with E-state index in [2.05, 4.69) is 10.3 Å². The van der Waals surface area contributed by atoms with Gasteiger partial charge >= 0.3 is 0 Å². The van der Waals surface area contributed by atoms with Gasteiger partial charge in [-0.15, -0.1) is 0 Å². The van der Waals surface area contributed by atoms with Gasteiger partial charge in [-0.05, 0) is 49.0 Å². The van der Waals surface area contributed by atoms with Gasteiger partial charge in [0, 0.05) is 24.0 Å². The summed E-state index contributed by atoms with van der Waals surface area (Å²) in [5, 5.41) is 4.31. The molecule has 1 N–H and O–H groups in total. The number of nitrogens with zero attached hydrogens (tertiary/aromatic N) is 2. The lowest BCUT2D eigenvalue weighted by Gasteiger charge is -2.22. The molecular weight excluding hydrogens is 334 g/mol. The van der Waals surface area contributed by atoms with Crippen molar-refractivity contribution in [1.29, 1.82) is 0 Å². The number of hydrogen-bond acceptors (Lipinski definition) is 4. The van der Waals surface area contributed by atoms with Gasteiger partial charge in [-0.2, -0.15) is 0 Å². The summed E-state index contributed by atoms with van der Waals surface area (Å²) in [7, 11) is -3.48. The number of fused-ring (bicyclic) bond motifs is 1. The molecule has 1 aromatic carbocycles. The molecule has 0 radical (unpaired) electrons. The van der Waals surface area contributed by atoms with E-state index >= 15 is 0 Å². The predicted molar refractivity (Wildman–Crippen MR) is 99.0 cm³/mol. The Hall–Kier alpha value is -2.18. The van der Waals surface area contributed by atoms with E-state index in [1.54, 1.807) is 18.5 Å². The van der Waals surface area contributed by atoms with Gasteiger partial charge in [-0.3, -0.25) is 4.98 Å². The van der Waals surface area contributed by atoms with Crippen LogP contribution in [0.1, 0.15) is 29.9 Å². The average Bonchev–Trinajstić information content (AvgIpc) is 3.04. The smallest absolute Gasteiger partial charge is 0.243 e. The summed E-state index contributed by atoms with van der Waals surface area (Å²) in [5.74, 6) is 0.368. The predicted octanol–water partition coefficient (Wildman–Crippen LogP) is 2.88. The van der Waals surface area contributed by atoms with E-state index in [4.69, 9.17) is 0 Å². The van der Waals surface area contributed by atoms with E-state index < -0.39 is 10.0 Å². The highest BCUT2D eigenvalue weighted by atomic mass is 32.2. The van der Waals surface area contributed by atoms with Crippen molar-refractivity contribution in [3.05, 3.63) is 66.1 Å². The first kappa shape index (κ1) is 16.3. The maximum Gasteiger partial charge on any atom is 0.243 e. The minimum atomic E-state index is -3.48. The molecule has 0 unspecified atom stereocenters. The molecule has 5 nitrogen and oxygen atoms in total. The van der Waals surface area contributed by atoms with E-state index in [0.29, 0.717) is 5.92 Å². The molecule has 0 atom stereocenters. The zero-order valence-corrected chi connectivity index (χ0v) is 14.7. The second-order valence-corrected chi connectivity index (χ2v) is 8.39. The third kappa shape index (κ3) is 3.19. The van der Waals surface area contributed by atoms with Gasteiger partial charge in [0.25, 0.3) is 0 Å². The molecule has 1 aliphatic heterocycles. The van der Waals surface area contributed by atoms with Gasteiger partial charge in [0.1, 0.15) is 0 Å². The van der Waals surface area contributed by atoms with Crippen molar-refractivity contribution in [3.63, 3.8) is 0 Å². The van der Waals surface area contributed by atoms with Crippen molar-refractivity contribution in [2.24, 2.45) is 0 Å². The van der Waals surface area contributed by atoms with E-state index in [-0.39, 0.29) is 5.75 Å². The van der Waals surface area contributed by atoms with Crippen LogP contribution in [0.4, 0.5) is 0 Å². The Morgan fingerprint density at radius 3 is 2.64 bits per heavy atom. The second kappa shape index (κ2) is 6.61. The topological polar surface area (TPSA) is 64.0 Å². The summed E-state index contributed by atoms with van der Waals surface area (Å²) in [6, 6.07) is 11.1. The molecule has 1 saturated heterocycles. The molecule has 0 spiro atoms. The standard InChI is InChI=1S/C19H21N3O2S/c23-25(24,14-15-4-2-1-3-5-15)22-13-18(16-6-9-20-10-7-16)17-12-21-11-8-19(17)22/h1-5,8,11-13,16,20H,6-7,9-10,14H2. The number of nitrogens with one attached hydrogen (secondary N) is 1. The summed E-state index contributed by atoms with van der Waals surface area (Å²) in [4.78, 5) is 4.22. The summed E-state index contributed by atoms with van der Waals surface area (Å²) in [6.45, 7) is 1.93. The molecule has 0 aliphatic carbocycles. The first-order valence-corrected chi connectivity index (χ1v) is 10.2. The Labute approximate surface area is 147 Å². The quantitative estimate of drug-likeness (QED) is 0.782. The van der Waals surface area contributed by atoms with Crippen LogP contribution >= 0.6 is 0 Å². The molecular formula is C19H21N3O2S. The third-order valence-corrected chi connectivity index (χ3v) is 6.47. The van der Waals surface area contributed by atoms with Crippen molar-refractivity contribution in [2.75, 3.05) is 13.1 Å². The van der Waals surface area contributed by atoms with Gasteiger partial charge in [-0.1, -0.05) is 30.3 Å². The lowest BCUT2D eigenvalue weighted by molar-refractivity contribution is 0.462. The third-order valence-electron chi connectivity index (χ3n) is 4.87. The summed E-state index contributed by atoms with van der Waals surface area (Å²) >= 11 is 0. The van der Waals surface area contributed by atoms with Crippen molar-refractivity contribution in [1.82, 2.24) is 14.3 Å². The first-order chi connectivity index (χ1) is 12.1. The van der Waals surface area contributed by atoms with Crippen LogP contribution < -0.4 is 5.32 Å². The Kier molecular flexibility index (Phi) is 4.31. The highest BCUT2D eigenvalue weighted by Gasteiger charge is 2.24. The molecule has 3 heterocycles. The summed E-state index contributed by atoms with van der Waals surface area (Å²) in [5.41, 5.74) is 2.61. The molecule has 130 valence electrons. The summed E-state index contributed by atoms with van der Waals surface area (Å²) in [6.07, 6.45) is 7.31. The lowest BCUT2D eigenvalue weighted by atomic mass is 9.90. The molecule has 4 rings (SSSR count). The van der Waals surface area contributed by atoms with Gasteiger partial charge in [0.15, 0.2) is 0 Å². The van der Waals surface area contributed by atoms with Crippen molar-refractivity contribution in [3.8, 4) is 0 Å². The highest BCUT2D eigenvalue weighted by molar-refractivity contribution is 7.89. The van der Waals surface area contributed by atoms with E-state index in [1.165, 1.54) is 3.97 Å². The fourth-order valence-electron chi connectivity index (χ4n) is 3.61. The fourth-order valence-corrected chi connectivity index (χ4v) is 5.10. The summed E-state index contributed by atoms with van der Waals surface area (Å²) < 4.78 is 27.5. The maximum absolute atomic E-state index is 13.0.